The van der Waals surface area contributed by atoms with Crippen LogP contribution in [-0.2, 0) is 65.4 Å². The summed E-state index contributed by atoms with van der Waals surface area (Å²) in [5.74, 6) is -2.24. The molecule has 0 rings (SSSR count). The quantitative estimate of drug-likeness (QED) is 0.0169. The first kappa shape index (κ1) is 101. The first-order valence-corrected chi connectivity index (χ1v) is 44.1. The van der Waals surface area contributed by atoms with Crippen molar-refractivity contribution in [3.8, 4) is 0 Å². The second-order valence-electron chi connectivity index (χ2n) is 26.9. The minimum atomic E-state index is -4.99. The Morgan fingerprint density at radius 1 is 0.274 bits per heavy atom. The van der Waals surface area contributed by atoms with Crippen LogP contribution in [0.4, 0.5) is 0 Å². The average molecular weight is 1530 g/mol. The number of esters is 4. The number of hydrogen-bond donors (Lipinski definition) is 3. The lowest BCUT2D eigenvalue weighted by Gasteiger charge is -2.21. The molecule has 17 nitrogen and oxygen atoms in total. The largest absolute Gasteiger partial charge is 0.472 e. The van der Waals surface area contributed by atoms with Crippen molar-refractivity contribution in [1.29, 1.82) is 0 Å². The van der Waals surface area contributed by atoms with E-state index in [0.29, 0.717) is 25.7 Å². The zero-order chi connectivity index (χ0) is 77.4. The Bertz CT molecular complexity index is 2580. The van der Waals surface area contributed by atoms with Gasteiger partial charge in [-0.25, -0.2) is 9.13 Å². The van der Waals surface area contributed by atoms with Gasteiger partial charge in [-0.15, -0.1) is 0 Å². The summed E-state index contributed by atoms with van der Waals surface area (Å²) in [4.78, 5) is 73.1. The molecule has 5 unspecified atom stereocenters. The summed E-state index contributed by atoms with van der Waals surface area (Å²) in [6.45, 7) is 4.53. The van der Waals surface area contributed by atoms with Crippen molar-refractivity contribution in [1.82, 2.24) is 0 Å². The molecule has 0 aromatic rings. The molecule has 0 aliphatic heterocycles. The molecule has 0 saturated carbocycles. The van der Waals surface area contributed by atoms with Crippen LogP contribution in [0.1, 0.15) is 323 Å². The number of phosphoric acid groups is 2. The van der Waals surface area contributed by atoms with E-state index in [1.165, 1.54) is 32.1 Å². The van der Waals surface area contributed by atoms with Gasteiger partial charge >= 0.3 is 39.5 Å². The lowest BCUT2D eigenvalue weighted by Crippen LogP contribution is -2.30. The zero-order valence-corrected chi connectivity index (χ0v) is 68.1. The number of phosphoric ester groups is 2. The number of aliphatic hydroxyl groups excluding tert-OH is 1. The minimum Gasteiger partial charge on any atom is -0.462 e. The van der Waals surface area contributed by atoms with E-state index >= 15 is 0 Å². The fourth-order valence-electron chi connectivity index (χ4n) is 10.5. The first-order valence-electron chi connectivity index (χ1n) is 41.1. The molecule has 19 heteroatoms. The van der Waals surface area contributed by atoms with Gasteiger partial charge in [-0.3, -0.25) is 37.3 Å². The number of rotatable bonds is 76. The van der Waals surface area contributed by atoms with Crippen molar-refractivity contribution < 1.29 is 80.2 Å². The van der Waals surface area contributed by atoms with Crippen LogP contribution in [0.3, 0.4) is 0 Å². The molecule has 106 heavy (non-hydrogen) atoms. The number of ether oxygens (including phenoxy) is 4. The van der Waals surface area contributed by atoms with Gasteiger partial charge in [0, 0.05) is 25.7 Å². The molecule has 0 amide bonds. The van der Waals surface area contributed by atoms with Gasteiger partial charge in [-0.2, -0.15) is 0 Å². The van der Waals surface area contributed by atoms with Crippen molar-refractivity contribution in [2.75, 3.05) is 39.6 Å². The third-order valence-corrected chi connectivity index (χ3v) is 18.7. The summed E-state index contributed by atoms with van der Waals surface area (Å²) >= 11 is 0. The van der Waals surface area contributed by atoms with Gasteiger partial charge in [0.2, 0.25) is 0 Å². The maximum Gasteiger partial charge on any atom is 0.472 e. The van der Waals surface area contributed by atoms with Crippen LogP contribution >= 0.6 is 15.6 Å². The summed E-state index contributed by atoms with van der Waals surface area (Å²) in [5.41, 5.74) is 0. The third-order valence-electron chi connectivity index (χ3n) is 16.8. The summed E-state index contributed by atoms with van der Waals surface area (Å²) in [6.07, 6.45) is 89.6. The Morgan fingerprint density at radius 3 is 0.792 bits per heavy atom. The molecule has 0 radical (unpaired) electrons. The molecular formula is C87H146O17P2. The maximum absolute atomic E-state index is 13.1. The standard InChI is InChI=1S/C87H146O17P2/c1-5-9-13-17-21-25-29-32-35-38-40-43-45-48-52-55-59-63-67-71-84(89)97-77-82(103-86(91)73-69-65-61-57-51-28-24-20-16-12-8-4)79-101-105(93,94)99-75-81(88)76-100-106(95,96)102-80-83(104-87(92)74-70-66-62-58-54-50-47-42-37-34-31-27-23-19-15-11-7-3)78-98-85(90)72-68-64-60-56-53-49-46-44-41-39-36-33-30-26-22-18-14-10-6-2/h9,11,13,15,20-27,32-37,40-41,43-44,47,50,81-83,88H,5-8,10,12,14,16-19,28-31,38-39,42,45-46,48-49,51-80H2,1-4H3,(H,93,94)(H,95,96)/b13-9-,15-11-,24-20-,25-21-,26-22-,27-23-,35-32-,36-33-,37-34-,43-40-,44-41-,50-47-. The molecule has 0 aromatic carbocycles. The van der Waals surface area contributed by atoms with E-state index in [4.69, 9.17) is 37.0 Å². The number of unbranched alkanes of at least 4 members (excludes halogenated alkanes) is 26. The highest BCUT2D eigenvalue weighted by atomic mass is 31.2. The van der Waals surface area contributed by atoms with Crippen LogP contribution < -0.4 is 0 Å². The van der Waals surface area contributed by atoms with Gasteiger partial charge in [0.15, 0.2) is 12.2 Å². The number of aliphatic hydroxyl groups is 1. The Kier molecular flexibility index (Phi) is 74.3. The molecule has 0 aromatic heterocycles. The van der Waals surface area contributed by atoms with Gasteiger partial charge in [0.1, 0.15) is 19.3 Å². The summed E-state index contributed by atoms with van der Waals surface area (Å²) < 4.78 is 68.6. The molecule has 0 fully saturated rings. The number of carbonyl (C=O) groups is 4. The minimum absolute atomic E-state index is 0.0600. The first-order chi connectivity index (χ1) is 51.7. The summed E-state index contributed by atoms with van der Waals surface area (Å²) in [6, 6.07) is 0. The molecule has 0 bridgehead atoms. The average Bonchev–Trinajstić information content (AvgIpc) is 0.901. The monoisotopic (exact) mass is 1530 g/mol. The zero-order valence-electron chi connectivity index (χ0n) is 66.3. The lowest BCUT2D eigenvalue weighted by molar-refractivity contribution is -0.161. The Morgan fingerprint density at radius 2 is 0.500 bits per heavy atom. The van der Waals surface area contributed by atoms with E-state index < -0.39 is 97.5 Å². The van der Waals surface area contributed by atoms with Crippen LogP contribution in [-0.4, -0.2) is 96.7 Å². The van der Waals surface area contributed by atoms with Gasteiger partial charge < -0.3 is 33.8 Å². The second kappa shape index (κ2) is 78.1. The van der Waals surface area contributed by atoms with E-state index in [9.17, 15) is 43.2 Å². The van der Waals surface area contributed by atoms with E-state index in [-0.39, 0.29) is 25.7 Å². The van der Waals surface area contributed by atoms with Crippen LogP contribution in [0.5, 0.6) is 0 Å². The van der Waals surface area contributed by atoms with Crippen LogP contribution in [0.25, 0.3) is 0 Å². The molecule has 0 aliphatic rings. The van der Waals surface area contributed by atoms with Crippen molar-refractivity contribution in [3.05, 3.63) is 146 Å². The molecule has 3 N–H and O–H groups in total. The van der Waals surface area contributed by atoms with Crippen molar-refractivity contribution in [2.24, 2.45) is 0 Å². The molecule has 0 aliphatic carbocycles. The van der Waals surface area contributed by atoms with Crippen molar-refractivity contribution >= 4 is 39.5 Å². The van der Waals surface area contributed by atoms with E-state index in [1.807, 2.05) is 0 Å². The van der Waals surface area contributed by atoms with Crippen LogP contribution in [0.2, 0.25) is 0 Å². The topological polar surface area (TPSA) is 237 Å². The van der Waals surface area contributed by atoms with Gasteiger partial charge in [-0.05, 0) is 161 Å². The molecule has 0 spiro atoms. The van der Waals surface area contributed by atoms with Gasteiger partial charge in [0.05, 0.1) is 26.4 Å². The van der Waals surface area contributed by atoms with Crippen molar-refractivity contribution in [3.63, 3.8) is 0 Å². The Labute approximate surface area is 643 Å². The molecular weight excluding hydrogens is 1380 g/mol. The second-order valence-corrected chi connectivity index (χ2v) is 29.8. The maximum atomic E-state index is 13.1. The van der Waals surface area contributed by atoms with E-state index in [0.717, 1.165) is 212 Å². The Balaban J connectivity index is 5.38. The highest BCUT2D eigenvalue weighted by Crippen LogP contribution is 2.45. The fourth-order valence-corrected chi connectivity index (χ4v) is 12.1. The third kappa shape index (κ3) is 77.1. The Hall–Kier alpha value is -5.06. The van der Waals surface area contributed by atoms with E-state index in [2.05, 4.69) is 174 Å². The smallest absolute Gasteiger partial charge is 0.462 e. The predicted octanol–water partition coefficient (Wildman–Crippen LogP) is 24.2. The lowest BCUT2D eigenvalue weighted by atomic mass is 10.1. The summed E-state index contributed by atoms with van der Waals surface area (Å²) in [5, 5.41) is 10.6. The van der Waals surface area contributed by atoms with Crippen LogP contribution in [0.15, 0.2) is 146 Å². The number of hydrogen-bond acceptors (Lipinski definition) is 15. The van der Waals surface area contributed by atoms with Gasteiger partial charge in [-0.1, -0.05) is 283 Å². The fraction of sp³-hybridized carbons (Fsp3) is 0.678. The number of carbonyl (C=O) groups excluding carboxylic acids is 4. The SMILES string of the molecule is CC/C=C\C/C=C\C/C=C\C/C=C\CCCCCCCCC(=O)OCC(COP(=O)(O)OCC(O)COP(=O)(O)OCC(COC(=O)CCCCCCCC/C=C\C/C=C\C/C=C\CCCCC)OC(=O)CCCCCC/C=C\C/C=C\C/C=C\C/C=C\CC)OC(=O)CCCCCCC/C=C\CCCC. The van der Waals surface area contributed by atoms with E-state index in [1.54, 1.807) is 0 Å². The highest BCUT2D eigenvalue weighted by molar-refractivity contribution is 7.47. The molecule has 606 valence electrons. The summed E-state index contributed by atoms with van der Waals surface area (Å²) in [7, 11) is -9.98. The van der Waals surface area contributed by atoms with Gasteiger partial charge in [0.25, 0.3) is 0 Å². The van der Waals surface area contributed by atoms with Crippen molar-refractivity contribution in [2.45, 2.75) is 341 Å². The highest BCUT2D eigenvalue weighted by Gasteiger charge is 2.30. The molecule has 5 atom stereocenters. The van der Waals surface area contributed by atoms with Crippen LogP contribution in [0, 0.1) is 0 Å². The normalized spacial score (nSPS) is 14.6. The molecule has 0 saturated heterocycles. The number of allylic oxidation sites excluding steroid dienone is 24. The molecule has 0 heterocycles. The predicted molar refractivity (Wildman–Crippen MR) is 436 cm³/mol.